The number of aromatic nitrogens is 1. The highest BCUT2D eigenvalue weighted by molar-refractivity contribution is 5.37. The molecule has 0 atom stereocenters. The molecule has 0 radical (unpaired) electrons. The summed E-state index contributed by atoms with van der Waals surface area (Å²) in [5.74, 6) is 0.858. The van der Waals surface area contributed by atoms with E-state index in [1.54, 1.807) is 22.9 Å². The van der Waals surface area contributed by atoms with E-state index in [-0.39, 0.29) is 5.56 Å². The van der Waals surface area contributed by atoms with Gasteiger partial charge in [0.15, 0.2) is 0 Å². The quantitative estimate of drug-likeness (QED) is 0.682. The smallest absolute Gasteiger partial charge is 0.255 e. The van der Waals surface area contributed by atoms with Crippen LogP contribution in [0.3, 0.4) is 0 Å². The Morgan fingerprint density at radius 1 is 0.923 bits per heavy atom. The van der Waals surface area contributed by atoms with Crippen molar-refractivity contribution in [3.63, 3.8) is 0 Å². The molecule has 0 bridgehead atoms. The zero-order valence-corrected chi connectivity index (χ0v) is 15.6. The predicted octanol–water partition coefficient (Wildman–Crippen LogP) is 2.63. The van der Waals surface area contributed by atoms with E-state index in [1.165, 1.54) is 45.6 Å². The predicted molar refractivity (Wildman–Crippen MR) is 105 cm³/mol. The van der Waals surface area contributed by atoms with Crippen LogP contribution in [-0.4, -0.2) is 60.7 Å². The minimum atomic E-state index is -0.0264. The molecule has 0 aliphatic carbocycles. The number of hydrogen-bond donors (Lipinski definition) is 0. The topological polar surface area (TPSA) is 37.7 Å². The van der Waals surface area contributed by atoms with Crippen molar-refractivity contribution >= 4 is 0 Å². The number of pyridine rings is 1. The van der Waals surface area contributed by atoms with Gasteiger partial charge in [-0.2, -0.15) is 0 Å². The van der Waals surface area contributed by atoms with Crippen LogP contribution < -0.4 is 10.3 Å². The Morgan fingerprint density at radius 3 is 2.42 bits per heavy atom. The fourth-order valence-corrected chi connectivity index (χ4v) is 3.22. The molecule has 1 saturated heterocycles. The fraction of sp³-hybridized carbons (Fsp3) is 0.476. The maximum Gasteiger partial charge on any atom is 0.255 e. The summed E-state index contributed by atoms with van der Waals surface area (Å²) in [4.78, 5) is 16.8. The van der Waals surface area contributed by atoms with Crippen molar-refractivity contribution in [2.24, 2.45) is 0 Å². The van der Waals surface area contributed by atoms with Crippen LogP contribution in [0.25, 0.3) is 5.69 Å². The Bertz CT molecular complexity index is 719. The lowest BCUT2D eigenvalue weighted by Gasteiger charge is -2.32. The fourth-order valence-electron chi connectivity index (χ4n) is 3.22. The first-order chi connectivity index (χ1) is 12.7. The summed E-state index contributed by atoms with van der Waals surface area (Å²) >= 11 is 0. The molecule has 26 heavy (non-hydrogen) atoms. The number of likely N-dealkylation sites (N-methyl/N-ethyl adjacent to an activating group) is 1. The van der Waals surface area contributed by atoms with Gasteiger partial charge >= 0.3 is 0 Å². The zero-order chi connectivity index (χ0) is 18.2. The highest BCUT2D eigenvalue weighted by Gasteiger charge is 2.12. The molecule has 3 rings (SSSR count). The lowest BCUT2D eigenvalue weighted by Crippen LogP contribution is -2.44. The molecule has 1 aromatic carbocycles. The monoisotopic (exact) mass is 355 g/mol. The van der Waals surface area contributed by atoms with E-state index in [9.17, 15) is 4.79 Å². The van der Waals surface area contributed by atoms with Gasteiger partial charge in [-0.1, -0.05) is 6.07 Å². The van der Waals surface area contributed by atoms with Crippen LogP contribution in [-0.2, 0) is 0 Å². The normalized spacial score (nSPS) is 15.9. The molecule has 140 valence electrons. The van der Waals surface area contributed by atoms with Crippen LogP contribution in [0.1, 0.15) is 19.3 Å². The van der Waals surface area contributed by atoms with Gasteiger partial charge < -0.3 is 14.5 Å². The zero-order valence-electron chi connectivity index (χ0n) is 15.6. The molecule has 2 heterocycles. The van der Waals surface area contributed by atoms with Crippen molar-refractivity contribution in [3.8, 4) is 11.4 Å². The Labute approximate surface area is 155 Å². The molecule has 5 nitrogen and oxygen atoms in total. The molecule has 1 fully saturated rings. The molecule has 1 aliphatic rings. The summed E-state index contributed by atoms with van der Waals surface area (Å²) in [7, 11) is 2.19. The summed E-state index contributed by atoms with van der Waals surface area (Å²) in [6.07, 6.45) is 5.29. The molecule has 0 unspecified atom stereocenters. The molecular formula is C21H29N3O2. The molecule has 0 spiro atoms. The van der Waals surface area contributed by atoms with Gasteiger partial charge in [0.1, 0.15) is 5.75 Å². The van der Waals surface area contributed by atoms with E-state index < -0.39 is 0 Å². The van der Waals surface area contributed by atoms with Crippen LogP contribution >= 0.6 is 0 Å². The molecule has 1 aliphatic heterocycles. The molecule has 0 N–H and O–H groups in total. The average molecular weight is 355 g/mol. The van der Waals surface area contributed by atoms with Gasteiger partial charge in [-0.05, 0) is 63.2 Å². The van der Waals surface area contributed by atoms with E-state index in [4.69, 9.17) is 4.74 Å². The number of ether oxygens (including phenoxy) is 1. The second-order valence-electron chi connectivity index (χ2n) is 6.96. The minimum absolute atomic E-state index is 0.0264. The van der Waals surface area contributed by atoms with Gasteiger partial charge in [0.2, 0.25) is 0 Å². The first-order valence-electron chi connectivity index (χ1n) is 9.54. The standard InChI is InChI=1S/C21H29N3O2/c1-22-14-16-23(17-15-22)12-4-2-6-18-26-20-10-8-19(9-11-20)24-13-5-3-7-21(24)25/h3,5,7-11,13H,2,4,6,12,14-18H2,1H3. The lowest BCUT2D eigenvalue weighted by molar-refractivity contribution is 0.151. The number of unbranched alkanes of at least 4 members (excludes halogenated alkanes) is 2. The maximum atomic E-state index is 11.8. The van der Waals surface area contributed by atoms with Crippen molar-refractivity contribution in [1.29, 1.82) is 0 Å². The van der Waals surface area contributed by atoms with Gasteiger partial charge in [0.05, 0.1) is 6.61 Å². The van der Waals surface area contributed by atoms with Crippen molar-refractivity contribution in [1.82, 2.24) is 14.4 Å². The van der Waals surface area contributed by atoms with E-state index >= 15 is 0 Å². The minimum Gasteiger partial charge on any atom is -0.494 e. The first kappa shape index (κ1) is 18.7. The Morgan fingerprint density at radius 2 is 1.69 bits per heavy atom. The van der Waals surface area contributed by atoms with Gasteiger partial charge in [-0.3, -0.25) is 9.36 Å². The maximum absolute atomic E-state index is 11.8. The second kappa shape index (κ2) is 9.55. The lowest BCUT2D eigenvalue weighted by atomic mass is 10.2. The summed E-state index contributed by atoms with van der Waals surface area (Å²) in [5.41, 5.74) is 0.830. The van der Waals surface area contributed by atoms with E-state index in [1.807, 2.05) is 30.3 Å². The van der Waals surface area contributed by atoms with Gasteiger partial charge in [-0.25, -0.2) is 0 Å². The molecule has 2 aromatic rings. The van der Waals surface area contributed by atoms with Crippen molar-refractivity contribution in [3.05, 3.63) is 59.0 Å². The average Bonchev–Trinajstić information content (AvgIpc) is 2.67. The number of nitrogens with zero attached hydrogens (tertiary/aromatic N) is 3. The van der Waals surface area contributed by atoms with Gasteiger partial charge in [-0.15, -0.1) is 0 Å². The summed E-state index contributed by atoms with van der Waals surface area (Å²) in [5, 5.41) is 0. The first-order valence-corrected chi connectivity index (χ1v) is 9.54. The van der Waals surface area contributed by atoms with E-state index in [2.05, 4.69) is 16.8 Å². The Hall–Kier alpha value is -2.11. The van der Waals surface area contributed by atoms with Crippen LogP contribution in [0, 0.1) is 0 Å². The summed E-state index contributed by atoms with van der Waals surface area (Å²) in [6.45, 7) is 6.72. The summed E-state index contributed by atoms with van der Waals surface area (Å²) in [6, 6.07) is 12.9. The van der Waals surface area contributed by atoms with Gasteiger partial charge in [0.25, 0.3) is 5.56 Å². The van der Waals surface area contributed by atoms with Crippen LogP contribution in [0.5, 0.6) is 5.75 Å². The number of rotatable bonds is 8. The van der Waals surface area contributed by atoms with Crippen molar-refractivity contribution in [2.45, 2.75) is 19.3 Å². The molecule has 1 aromatic heterocycles. The largest absolute Gasteiger partial charge is 0.494 e. The third-order valence-corrected chi connectivity index (χ3v) is 4.92. The van der Waals surface area contributed by atoms with Crippen LogP contribution in [0.2, 0.25) is 0 Å². The Kier molecular flexibility index (Phi) is 6.86. The number of piperazine rings is 1. The molecular weight excluding hydrogens is 326 g/mol. The van der Waals surface area contributed by atoms with Crippen LogP contribution in [0.15, 0.2) is 53.5 Å². The van der Waals surface area contributed by atoms with Crippen LogP contribution in [0.4, 0.5) is 0 Å². The number of hydrogen-bond acceptors (Lipinski definition) is 4. The Balaban J connectivity index is 1.34. The van der Waals surface area contributed by atoms with Crippen molar-refractivity contribution < 1.29 is 4.74 Å². The van der Waals surface area contributed by atoms with E-state index in [0.29, 0.717) is 0 Å². The molecule has 0 saturated carbocycles. The SMILES string of the molecule is CN1CCN(CCCCCOc2ccc(-n3ccccc3=O)cc2)CC1. The van der Waals surface area contributed by atoms with Gasteiger partial charge in [0, 0.05) is 44.1 Å². The molecule has 5 heteroatoms. The number of benzene rings is 1. The van der Waals surface area contributed by atoms with E-state index in [0.717, 1.165) is 24.5 Å². The second-order valence-corrected chi connectivity index (χ2v) is 6.96. The third-order valence-electron chi connectivity index (χ3n) is 4.92. The molecule has 0 amide bonds. The third kappa shape index (κ3) is 5.44. The highest BCUT2D eigenvalue weighted by Crippen LogP contribution is 2.15. The highest BCUT2D eigenvalue weighted by atomic mass is 16.5. The van der Waals surface area contributed by atoms with Crippen molar-refractivity contribution in [2.75, 3.05) is 46.4 Å². The summed E-state index contributed by atoms with van der Waals surface area (Å²) < 4.78 is 7.45.